The number of nitrogens with one attached hydrogen (secondary N) is 2. The summed E-state index contributed by atoms with van der Waals surface area (Å²) in [6.07, 6.45) is 2.45. The van der Waals surface area contributed by atoms with Gasteiger partial charge in [0.25, 0.3) is 0 Å². The molecule has 7 nitrogen and oxygen atoms in total. The van der Waals surface area contributed by atoms with Gasteiger partial charge in [0.2, 0.25) is 0 Å². The zero-order chi connectivity index (χ0) is 21.8. The third-order valence-corrected chi connectivity index (χ3v) is 5.42. The molecule has 1 aromatic heterocycles. The quantitative estimate of drug-likeness (QED) is 0.619. The molecule has 0 radical (unpaired) electrons. The number of amides is 2. The van der Waals surface area contributed by atoms with Crippen LogP contribution in [-0.4, -0.2) is 46.6 Å². The Kier molecular flexibility index (Phi) is 5.97. The van der Waals surface area contributed by atoms with Crippen LogP contribution in [0.15, 0.2) is 60.9 Å². The van der Waals surface area contributed by atoms with Crippen molar-refractivity contribution in [1.82, 2.24) is 20.2 Å². The number of methoxy groups -OCH3 is 1. The number of rotatable bonds is 5. The van der Waals surface area contributed by atoms with E-state index < -0.39 is 29.9 Å². The van der Waals surface area contributed by atoms with E-state index in [1.54, 1.807) is 23.4 Å². The lowest BCUT2D eigenvalue weighted by Gasteiger charge is -2.36. The lowest BCUT2D eigenvalue weighted by atomic mass is 9.96. The molecule has 0 saturated carbocycles. The average Bonchev–Trinajstić information content (AvgIpc) is 3.27. The zero-order valence-electron chi connectivity index (χ0n) is 17.0. The highest BCUT2D eigenvalue weighted by Gasteiger charge is 2.36. The van der Waals surface area contributed by atoms with Crippen molar-refractivity contribution in [2.75, 3.05) is 13.7 Å². The molecule has 0 spiro atoms. The highest BCUT2D eigenvalue weighted by Crippen LogP contribution is 2.33. The molecule has 31 heavy (non-hydrogen) atoms. The first kappa shape index (κ1) is 20.6. The standard InChI is InChI=1S/C23H23FN4O3/c1-31-22(29)19(12-15-6-3-2-4-7-15)27-23(30)28-11-10-18-20(26-14-25-18)21(28)16-8-5-9-17(24)13-16/h2-9,13-14,19,21H,10-12H2,1H3,(H,25,26)(H,27,30)/t19-,21?/m0/s1. The number of halogens is 1. The maximum atomic E-state index is 13.9. The van der Waals surface area contributed by atoms with Gasteiger partial charge in [0.05, 0.1) is 19.1 Å². The topological polar surface area (TPSA) is 87.3 Å². The lowest BCUT2D eigenvalue weighted by Crippen LogP contribution is -2.52. The number of esters is 1. The monoisotopic (exact) mass is 422 g/mol. The summed E-state index contributed by atoms with van der Waals surface area (Å²) in [5, 5.41) is 2.80. The summed E-state index contributed by atoms with van der Waals surface area (Å²) < 4.78 is 18.9. The van der Waals surface area contributed by atoms with Crippen molar-refractivity contribution >= 4 is 12.0 Å². The van der Waals surface area contributed by atoms with Crippen LogP contribution in [0.3, 0.4) is 0 Å². The van der Waals surface area contributed by atoms with Gasteiger partial charge in [-0.25, -0.2) is 19.0 Å². The first-order valence-corrected chi connectivity index (χ1v) is 10.0. The molecule has 2 heterocycles. The van der Waals surface area contributed by atoms with Crippen LogP contribution in [0.4, 0.5) is 9.18 Å². The maximum absolute atomic E-state index is 13.9. The maximum Gasteiger partial charge on any atom is 0.328 e. The number of carbonyl (C=O) groups is 2. The Balaban J connectivity index is 1.61. The molecule has 3 aromatic rings. The van der Waals surface area contributed by atoms with Crippen molar-refractivity contribution in [3.8, 4) is 0 Å². The molecular weight excluding hydrogens is 399 g/mol. The van der Waals surface area contributed by atoms with E-state index in [2.05, 4.69) is 15.3 Å². The first-order chi connectivity index (χ1) is 15.1. The van der Waals surface area contributed by atoms with Crippen molar-refractivity contribution in [3.05, 3.63) is 89.3 Å². The predicted octanol–water partition coefficient (Wildman–Crippen LogP) is 2.99. The normalized spacial score (nSPS) is 16.3. The Bertz CT molecular complexity index is 1070. The number of benzene rings is 2. The van der Waals surface area contributed by atoms with Gasteiger partial charge in [0, 0.05) is 25.1 Å². The summed E-state index contributed by atoms with van der Waals surface area (Å²) in [4.78, 5) is 34.7. The molecule has 1 unspecified atom stereocenters. The van der Waals surface area contributed by atoms with Crippen molar-refractivity contribution < 1.29 is 18.7 Å². The van der Waals surface area contributed by atoms with E-state index in [9.17, 15) is 14.0 Å². The van der Waals surface area contributed by atoms with E-state index in [4.69, 9.17) is 4.74 Å². The number of fused-ring (bicyclic) bond motifs is 1. The summed E-state index contributed by atoms with van der Waals surface area (Å²) >= 11 is 0. The van der Waals surface area contributed by atoms with E-state index in [1.165, 1.54) is 19.2 Å². The second kappa shape index (κ2) is 8.99. The van der Waals surface area contributed by atoms with Crippen LogP contribution >= 0.6 is 0 Å². The second-order valence-corrected chi connectivity index (χ2v) is 7.38. The number of nitrogens with zero attached hydrogens (tertiary/aromatic N) is 2. The Morgan fingerprint density at radius 1 is 1.26 bits per heavy atom. The molecule has 0 bridgehead atoms. The van der Waals surface area contributed by atoms with Gasteiger partial charge in [-0.2, -0.15) is 0 Å². The number of carbonyl (C=O) groups excluding carboxylic acids is 2. The highest BCUT2D eigenvalue weighted by atomic mass is 19.1. The molecule has 0 aliphatic carbocycles. The first-order valence-electron chi connectivity index (χ1n) is 10.0. The molecule has 1 aliphatic heterocycles. The molecule has 2 amide bonds. The van der Waals surface area contributed by atoms with Crippen molar-refractivity contribution in [2.24, 2.45) is 0 Å². The second-order valence-electron chi connectivity index (χ2n) is 7.38. The highest BCUT2D eigenvalue weighted by molar-refractivity contribution is 5.84. The molecule has 1 aliphatic rings. The number of hydrogen-bond donors (Lipinski definition) is 2. The van der Waals surface area contributed by atoms with Gasteiger partial charge in [-0.3, -0.25) is 0 Å². The Morgan fingerprint density at radius 2 is 2.06 bits per heavy atom. The summed E-state index contributed by atoms with van der Waals surface area (Å²) in [6, 6.07) is 13.7. The summed E-state index contributed by atoms with van der Waals surface area (Å²) in [5.41, 5.74) is 3.09. The summed E-state index contributed by atoms with van der Waals surface area (Å²) in [7, 11) is 1.29. The molecule has 2 N–H and O–H groups in total. The Morgan fingerprint density at radius 3 is 2.81 bits per heavy atom. The van der Waals surface area contributed by atoms with Gasteiger partial charge in [0.15, 0.2) is 0 Å². The van der Waals surface area contributed by atoms with Crippen molar-refractivity contribution in [3.63, 3.8) is 0 Å². The number of aromatic amines is 1. The van der Waals surface area contributed by atoms with Gasteiger partial charge in [-0.15, -0.1) is 0 Å². The third-order valence-electron chi connectivity index (χ3n) is 5.42. The number of ether oxygens (including phenoxy) is 1. The largest absolute Gasteiger partial charge is 0.467 e. The predicted molar refractivity (Wildman–Crippen MR) is 112 cm³/mol. The minimum absolute atomic E-state index is 0.297. The minimum atomic E-state index is -0.853. The van der Waals surface area contributed by atoms with Gasteiger partial charge in [-0.05, 0) is 23.3 Å². The van der Waals surface area contributed by atoms with Crippen LogP contribution in [0.1, 0.15) is 28.6 Å². The molecule has 0 fully saturated rings. The zero-order valence-corrected chi connectivity index (χ0v) is 17.0. The van der Waals surface area contributed by atoms with Crippen molar-refractivity contribution in [1.29, 1.82) is 0 Å². The van der Waals surface area contributed by atoms with E-state index in [1.807, 2.05) is 30.3 Å². The summed E-state index contributed by atoms with van der Waals surface area (Å²) in [6.45, 7) is 0.390. The van der Waals surface area contributed by atoms with Crippen LogP contribution < -0.4 is 5.32 Å². The van der Waals surface area contributed by atoms with E-state index >= 15 is 0 Å². The number of aromatic nitrogens is 2. The van der Waals surface area contributed by atoms with Crippen LogP contribution in [-0.2, 0) is 22.4 Å². The van der Waals surface area contributed by atoms with Crippen LogP contribution in [0, 0.1) is 5.82 Å². The van der Waals surface area contributed by atoms with Crippen LogP contribution in [0.25, 0.3) is 0 Å². The van der Waals surface area contributed by atoms with Crippen LogP contribution in [0.2, 0.25) is 0 Å². The van der Waals surface area contributed by atoms with E-state index in [0.717, 1.165) is 11.3 Å². The molecule has 8 heteroatoms. The van der Waals surface area contributed by atoms with Crippen LogP contribution in [0.5, 0.6) is 0 Å². The SMILES string of the molecule is COC(=O)[C@H](Cc1ccccc1)NC(=O)N1CCc2[nH]cnc2C1c1cccc(F)c1. The summed E-state index contributed by atoms with van der Waals surface area (Å²) in [5.74, 6) is -0.922. The fraction of sp³-hybridized carbons (Fsp3) is 0.261. The minimum Gasteiger partial charge on any atom is -0.467 e. The van der Waals surface area contributed by atoms with Gasteiger partial charge >= 0.3 is 12.0 Å². The average molecular weight is 422 g/mol. The van der Waals surface area contributed by atoms with Gasteiger partial charge in [0.1, 0.15) is 17.9 Å². The third kappa shape index (κ3) is 4.42. The van der Waals surface area contributed by atoms with E-state index in [-0.39, 0.29) is 0 Å². The van der Waals surface area contributed by atoms with Crippen molar-refractivity contribution in [2.45, 2.75) is 24.9 Å². The number of H-pyrrole nitrogens is 1. The van der Waals surface area contributed by atoms with E-state index in [0.29, 0.717) is 30.6 Å². The molecular formula is C23H23FN4O3. The molecule has 2 aromatic carbocycles. The number of imidazole rings is 1. The number of urea groups is 1. The van der Waals surface area contributed by atoms with Gasteiger partial charge < -0.3 is 19.9 Å². The fourth-order valence-corrected chi connectivity index (χ4v) is 3.93. The fourth-order valence-electron chi connectivity index (χ4n) is 3.93. The number of hydrogen-bond acceptors (Lipinski definition) is 4. The molecule has 4 rings (SSSR count). The lowest BCUT2D eigenvalue weighted by molar-refractivity contribution is -0.142. The molecule has 160 valence electrons. The Labute approximate surface area is 179 Å². The van der Waals surface area contributed by atoms with Gasteiger partial charge in [-0.1, -0.05) is 42.5 Å². The molecule has 0 saturated heterocycles. The molecule has 2 atom stereocenters. The smallest absolute Gasteiger partial charge is 0.328 e. The Hall–Kier alpha value is -3.68.